The highest BCUT2D eigenvalue weighted by atomic mass is 32.1. The summed E-state index contributed by atoms with van der Waals surface area (Å²) in [5.74, 6) is -0.196. The first-order chi connectivity index (χ1) is 8.66. The van der Waals surface area contributed by atoms with Gasteiger partial charge in [0.2, 0.25) is 5.91 Å². The molecule has 96 valence electrons. The van der Waals surface area contributed by atoms with Gasteiger partial charge in [-0.15, -0.1) is 11.3 Å². The molecule has 0 spiro atoms. The van der Waals surface area contributed by atoms with Gasteiger partial charge in [0.15, 0.2) is 0 Å². The second kappa shape index (κ2) is 5.74. The predicted octanol–water partition coefficient (Wildman–Crippen LogP) is 0.235. The van der Waals surface area contributed by atoms with E-state index in [1.165, 1.54) is 0 Å². The standard InChI is InChI=1S/C11H15N5OS/c1-16-5-8(4-15-16)10(12)11(17)13-3-2-9-6-18-7-14-9/h4-7,10H,2-3,12H2,1H3,(H,13,17). The maximum absolute atomic E-state index is 11.8. The summed E-state index contributed by atoms with van der Waals surface area (Å²) in [5.41, 5.74) is 9.30. The molecule has 0 saturated heterocycles. The first kappa shape index (κ1) is 12.7. The van der Waals surface area contributed by atoms with Crippen LogP contribution in [-0.2, 0) is 18.3 Å². The van der Waals surface area contributed by atoms with Crippen LogP contribution in [0.2, 0.25) is 0 Å². The fourth-order valence-electron chi connectivity index (χ4n) is 1.54. The van der Waals surface area contributed by atoms with Crippen LogP contribution < -0.4 is 11.1 Å². The van der Waals surface area contributed by atoms with E-state index in [-0.39, 0.29) is 5.91 Å². The Morgan fingerprint density at radius 3 is 3.11 bits per heavy atom. The lowest BCUT2D eigenvalue weighted by atomic mass is 10.1. The molecule has 0 fully saturated rings. The molecule has 0 aliphatic carbocycles. The lowest BCUT2D eigenvalue weighted by Crippen LogP contribution is -2.35. The van der Waals surface area contributed by atoms with Gasteiger partial charge in [-0.05, 0) is 0 Å². The van der Waals surface area contributed by atoms with Crippen molar-refractivity contribution in [1.29, 1.82) is 0 Å². The minimum Gasteiger partial charge on any atom is -0.354 e. The maximum Gasteiger partial charge on any atom is 0.241 e. The largest absolute Gasteiger partial charge is 0.354 e. The average molecular weight is 265 g/mol. The monoisotopic (exact) mass is 265 g/mol. The molecule has 6 nitrogen and oxygen atoms in total. The second-order valence-electron chi connectivity index (χ2n) is 3.95. The van der Waals surface area contributed by atoms with Gasteiger partial charge in [-0.25, -0.2) is 4.98 Å². The Morgan fingerprint density at radius 1 is 1.67 bits per heavy atom. The van der Waals surface area contributed by atoms with Crippen molar-refractivity contribution in [2.75, 3.05) is 6.54 Å². The molecule has 0 aliphatic rings. The van der Waals surface area contributed by atoms with E-state index in [0.29, 0.717) is 12.1 Å². The van der Waals surface area contributed by atoms with Crippen LogP contribution in [0.15, 0.2) is 23.3 Å². The first-order valence-corrected chi connectivity index (χ1v) is 6.50. The Morgan fingerprint density at radius 2 is 2.50 bits per heavy atom. The number of hydrogen-bond donors (Lipinski definition) is 2. The molecule has 0 aliphatic heterocycles. The molecule has 1 amide bonds. The zero-order valence-electron chi connectivity index (χ0n) is 10.0. The Kier molecular flexibility index (Phi) is 4.06. The molecule has 3 N–H and O–H groups in total. The van der Waals surface area contributed by atoms with Crippen LogP contribution in [0, 0.1) is 0 Å². The SMILES string of the molecule is Cn1cc(C(N)C(=O)NCCc2cscn2)cn1. The third kappa shape index (κ3) is 3.14. The predicted molar refractivity (Wildman–Crippen MR) is 69.0 cm³/mol. The van der Waals surface area contributed by atoms with Crippen molar-refractivity contribution in [2.45, 2.75) is 12.5 Å². The topological polar surface area (TPSA) is 85.8 Å². The van der Waals surface area contributed by atoms with E-state index in [4.69, 9.17) is 5.73 Å². The summed E-state index contributed by atoms with van der Waals surface area (Å²) >= 11 is 1.54. The quantitative estimate of drug-likeness (QED) is 0.810. The van der Waals surface area contributed by atoms with Gasteiger partial charge in [0.1, 0.15) is 6.04 Å². The zero-order valence-corrected chi connectivity index (χ0v) is 10.9. The van der Waals surface area contributed by atoms with Gasteiger partial charge in [-0.2, -0.15) is 5.10 Å². The minimum atomic E-state index is -0.672. The number of nitrogens with zero attached hydrogens (tertiary/aromatic N) is 3. The number of thiazole rings is 1. The minimum absolute atomic E-state index is 0.196. The molecule has 18 heavy (non-hydrogen) atoms. The Balaban J connectivity index is 1.81. The van der Waals surface area contributed by atoms with Crippen LogP contribution >= 0.6 is 11.3 Å². The molecule has 1 unspecified atom stereocenters. The van der Waals surface area contributed by atoms with Crippen molar-refractivity contribution in [3.8, 4) is 0 Å². The maximum atomic E-state index is 11.8. The lowest BCUT2D eigenvalue weighted by molar-refractivity contribution is -0.122. The Labute approximate surface area is 109 Å². The molecule has 1 atom stereocenters. The summed E-state index contributed by atoms with van der Waals surface area (Å²) in [4.78, 5) is 15.9. The van der Waals surface area contributed by atoms with Gasteiger partial charge in [-0.1, -0.05) is 0 Å². The molecule has 2 heterocycles. The second-order valence-corrected chi connectivity index (χ2v) is 4.66. The van der Waals surface area contributed by atoms with Crippen LogP contribution in [0.25, 0.3) is 0 Å². The molecule has 2 rings (SSSR count). The van der Waals surface area contributed by atoms with Gasteiger partial charge < -0.3 is 11.1 Å². The Hall–Kier alpha value is -1.73. The fraction of sp³-hybridized carbons (Fsp3) is 0.364. The number of carbonyl (C=O) groups excluding carboxylic acids is 1. The molecule has 0 bridgehead atoms. The van der Waals surface area contributed by atoms with Gasteiger partial charge in [0.25, 0.3) is 0 Å². The summed E-state index contributed by atoms with van der Waals surface area (Å²) in [6, 6.07) is -0.672. The van der Waals surface area contributed by atoms with E-state index in [9.17, 15) is 4.79 Å². The summed E-state index contributed by atoms with van der Waals surface area (Å²) in [6.45, 7) is 0.538. The van der Waals surface area contributed by atoms with Gasteiger partial charge in [0, 0.05) is 37.2 Å². The molecule has 0 saturated carbocycles. The smallest absolute Gasteiger partial charge is 0.241 e. The summed E-state index contributed by atoms with van der Waals surface area (Å²) in [6.07, 6.45) is 4.06. The highest BCUT2D eigenvalue weighted by Crippen LogP contribution is 2.08. The van der Waals surface area contributed by atoms with Crippen molar-refractivity contribution < 1.29 is 4.79 Å². The fourth-order valence-corrected chi connectivity index (χ4v) is 2.13. The molecule has 0 radical (unpaired) electrons. The van der Waals surface area contributed by atoms with Crippen molar-refractivity contribution in [3.63, 3.8) is 0 Å². The number of nitrogens with one attached hydrogen (secondary N) is 1. The number of amides is 1. The van der Waals surface area contributed by atoms with Gasteiger partial charge >= 0.3 is 0 Å². The summed E-state index contributed by atoms with van der Waals surface area (Å²) in [5, 5.41) is 8.75. The number of nitrogens with two attached hydrogens (primary N) is 1. The third-order valence-electron chi connectivity index (χ3n) is 2.53. The van der Waals surface area contributed by atoms with E-state index in [0.717, 1.165) is 12.1 Å². The normalized spacial score (nSPS) is 12.3. The number of carbonyl (C=O) groups is 1. The van der Waals surface area contributed by atoms with Crippen molar-refractivity contribution >= 4 is 17.2 Å². The van der Waals surface area contributed by atoms with E-state index in [2.05, 4.69) is 15.4 Å². The average Bonchev–Trinajstić information content (AvgIpc) is 2.99. The van der Waals surface area contributed by atoms with Gasteiger partial charge in [0.05, 0.1) is 17.4 Å². The number of aryl methyl sites for hydroxylation is 1. The van der Waals surface area contributed by atoms with E-state index < -0.39 is 6.04 Å². The highest BCUT2D eigenvalue weighted by Gasteiger charge is 2.16. The van der Waals surface area contributed by atoms with Crippen molar-refractivity contribution in [3.05, 3.63) is 34.5 Å². The van der Waals surface area contributed by atoms with Crippen LogP contribution in [0.4, 0.5) is 0 Å². The number of rotatable bonds is 5. The third-order valence-corrected chi connectivity index (χ3v) is 3.17. The molecule has 2 aromatic heterocycles. The lowest BCUT2D eigenvalue weighted by Gasteiger charge is -2.09. The summed E-state index contributed by atoms with van der Waals surface area (Å²) < 4.78 is 1.62. The molecule has 0 aromatic carbocycles. The number of hydrogen-bond acceptors (Lipinski definition) is 5. The Bertz CT molecular complexity index is 507. The van der Waals surface area contributed by atoms with E-state index in [1.54, 1.807) is 41.0 Å². The zero-order chi connectivity index (χ0) is 13.0. The molecular weight excluding hydrogens is 250 g/mol. The van der Waals surface area contributed by atoms with Crippen LogP contribution in [0.1, 0.15) is 17.3 Å². The van der Waals surface area contributed by atoms with Gasteiger partial charge in [-0.3, -0.25) is 9.48 Å². The van der Waals surface area contributed by atoms with Crippen molar-refractivity contribution in [2.24, 2.45) is 12.8 Å². The molecule has 7 heteroatoms. The van der Waals surface area contributed by atoms with Crippen molar-refractivity contribution in [1.82, 2.24) is 20.1 Å². The molecular formula is C11H15N5OS. The van der Waals surface area contributed by atoms with E-state index in [1.807, 2.05) is 5.38 Å². The number of aromatic nitrogens is 3. The highest BCUT2D eigenvalue weighted by molar-refractivity contribution is 7.07. The summed E-state index contributed by atoms with van der Waals surface area (Å²) in [7, 11) is 1.79. The van der Waals surface area contributed by atoms with Crippen LogP contribution in [-0.4, -0.2) is 27.2 Å². The first-order valence-electron chi connectivity index (χ1n) is 5.55. The molecule has 2 aromatic rings. The van der Waals surface area contributed by atoms with Crippen LogP contribution in [0.5, 0.6) is 0 Å². The van der Waals surface area contributed by atoms with E-state index >= 15 is 0 Å². The van der Waals surface area contributed by atoms with Crippen LogP contribution in [0.3, 0.4) is 0 Å².